The van der Waals surface area contributed by atoms with Crippen LogP contribution in [0.25, 0.3) is 0 Å². The summed E-state index contributed by atoms with van der Waals surface area (Å²) in [6.45, 7) is -0.0566. The predicted octanol–water partition coefficient (Wildman–Crippen LogP) is 1.92. The van der Waals surface area contributed by atoms with Gasteiger partial charge in [0.25, 0.3) is 5.91 Å². The Balaban J connectivity index is 1.93. The summed E-state index contributed by atoms with van der Waals surface area (Å²) in [4.78, 5) is 22.2. The van der Waals surface area contributed by atoms with Gasteiger partial charge in [0.1, 0.15) is 5.75 Å². The number of amides is 1. The number of nitrogens with one attached hydrogen (secondary N) is 1. The molecule has 0 spiro atoms. The second-order valence-corrected chi connectivity index (χ2v) is 4.85. The molecule has 0 unspecified atom stereocenters. The molecule has 17 heavy (non-hydrogen) atoms. The van der Waals surface area contributed by atoms with Crippen LogP contribution in [-0.4, -0.2) is 24.8 Å². The third-order valence-corrected chi connectivity index (χ3v) is 2.89. The highest BCUT2D eigenvalue weighted by Crippen LogP contribution is 2.22. The second-order valence-electron chi connectivity index (χ2n) is 3.93. The summed E-state index contributed by atoms with van der Waals surface area (Å²) in [6.07, 6.45) is 2.80. The van der Waals surface area contributed by atoms with Crippen LogP contribution in [0.4, 0.5) is 0 Å². The van der Waals surface area contributed by atoms with Crippen molar-refractivity contribution >= 4 is 28.1 Å². The number of carbonyl (C=O) groups is 2. The number of halogens is 1. The monoisotopic (exact) mass is 297 g/mol. The minimum atomic E-state index is -0.146. The van der Waals surface area contributed by atoms with Crippen LogP contribution >= 0.6 is 15.9 Å². The number of benzene rings is 1. The fourth-order valence-corrected chi connectivity index (χ4v) is 1.76. The van der Waals surface area contributed by atoms with E-state index in [0.717, 1.165) is 17.3 Å². The highest BCUT2D eigenvalue weighted by Gasteiger charge is 2.23. The molecule has 1 aromatic carbocycles. The number of hydrogen-bond acceptors (Lipinski definition) is 3. The first-order valence-corrected chi connectivity index (χ1v) is 6.15. The summed E-state index contributed by atoms with van der Waals surface area (Å²) in [5.74, 6) is 0.279. The molecule has 0 aromatic heterocycles. The van der Waals surface area contributed by atoms with Crippen LogP contribution < -0.4 is 10.1 Å². The summed E-state index contributed by atoms with van der Waals surface area (Å²) < 4.78 is 6.11. The molecule has 2 rings (SSSR count). The van der Waals surface area contributed by atoms with E-state index in [1.807, 2.05) is 0 Å². The number of aldehydes is 1. The van der Waals surface area contributed by atoms with Crippen LogP contribution in [0.2, 0.25) is 0 Å². The van der Waals surface area contributed by atoms with Gasteiger partial charge in [-0.05, 0) is 31.0 Å². The Morgan fingerprint density at radius 3 is 2.94 bits per heavy atom. The summed E-state index contributed by atoms with van der Waals surface area (Å²) in [5, 5.41) is 2.81. The van der Waals surface area contributed by atoms with Crippen molar-refractivity contribution in [3.63, 3.8) is 0 Å². The number of rotatable bonds is 5. The topological polar surface area (TPSA) is 55.4 Å². The van der Waals surface area contributed by atoms with Crippen molar-refractivity contribution in [3.8, 4) is 5.75 Å². The van der Waals surface area contributed by atoms with Crippen LogP contribution in [0.5, 0.6) is 5.75 Å². The Morgan fingerprint density at radius 1 is 1.53 bits per heavy atom. The standard InChI is InChI=1S/C12H12BrNO3/c13-9-1-4-11(8(5-9)6-15)17-7-12(16)14-10-2-3-10/h1,4-6,10H,2-3,7H2,(H,14,16). The molecule has 4 nitrogen and oxygen atoms in total. The van der Waals surface area contributed by atoms with Crippen molar-refractivity contribution in [1.29, 1.82) is 0 Å². The molecule has 1 aliphatic rings. The minimum Gasteiger partial charge on any atom is -0.483 e. The molecule has 0 saturated heterocycles. The molecule has 90 valence electrons. The minimum absolute atomic E-state index is 0.0566. The van der Waals surface area contributed by atoms with Crippen LogP contribution in [0.3, 0.4) is 0 Å². The zero-order valence-corrected chi connectivity index (χ0v) is 10.7. The smallest absolute Gasteiger partial charge is 0.258 e. The molecule has 1 aliphatic carbocycles. The number of carbonyl (C=O) groups excluding carboxylic acids is 2. The first-order valence-electron chi connectivity index (χ1n) is 5.36. The van der Waals surface area contributed by atoms with Gasteiger partial charge < -0.3 is 10.1 Å². The molecule has 0 atom stereocenters. The lowest BCUT2D eigenvalue weighted by Gasteiger charge is -2.08. The molecule has 1 aromatic rings. The van der Waals surface area contributed by atoms with Gasteiger partial charge in [0.15, 0.2) is 12.9 Å². The van der Waals surface area contributed by atoms with Crippen molar-refractivity contribution in [2.75, 3.05) is 6.61 Å². The van der Waals surface area contributed by atoms with Gasteiger partial charge in [-0.25, -0.2) is 0 Å². The van der Waals surface area contributed by atoms with E-state index in [2.05, 4.69) is 21.2 Å². The fraction of sp³-hybridized carbons (Fsp3) is 0.333. The maximum absolute atomic E-state index is 11.4. The van der Waals surface area contributed by atoms with E-state index in [1.54, 1.807) is 18.2 Å². The van der Waals surface area contributed by atoms with Gasteiger partial charge in [0.2, 0.25) is 0 Å². The summed E-state index contributed by atoms with van der Waals surface area (Å²) in [7, 11) is 0. The van der Waals surface area contributed by atoms with Crippen molar-refractivity contribution in [2.24, 2.45) is 0 Å². The van der Waals surface area contributed by atoms with Crippen molar-refractivity contribution in [3.05, 3.63) is 28.2 Å². The molecule has 1 amide bonds. The van der Waals surface area contributed by atoms with E-state index in [1.165, 1.54) is 0 Å². The highest BCUT2D eigenvalue weighted by molar-refractivity contribution is 9.10. The Bertz CT molecular complexity index is 443. The van der Waals surface area contributed by atoms with Gasteiger partial charge >= 0.3 is 0 Å². The van der Waals surface area contributed by atoms with Crippen molar-refractivity contribution in [1.82, 2.24) is 5.32 Å². The quantitative estimate of drug-likeness (QED) is 0.845. The average molecular weight is 298 g/mol. The van der Waals surface area contributed by atoms with E-state index in [-0.39, 0.29) is 12.5 Å². The van der Waals surface area contributed by atoms with Crippen molar-refractivity contribution in [2.45, 2.75) is 18.9 Å². The molecular formula is C12H12BrNO3. The molecule has 1 N–H and O–H groups in total. The molecule has 5 heteroatoms. The summed E-state index contributed by atoms with van der Waals surface area (Å²) in [5.41, 5.74) is 0.429. The fourth-order valence-electron chi connectivity index (χ4n) is 1.38. The van der Waals surface area contributed by atoms with E-state index >= 15 is 0 Å². The lowest BCUT2D eigenvalue weighted by Crippen LogP contribution is -2.30. The van der Waals surface area contributed by atoms with Gasteiger partial charge in [-0.3, -0.25) is 9.59 Å². The zero-order chi connectivity index (χ0) is 12.3. The normalized spacial score (nSPS) is 14.2. The van der Waals surface area contributed by atoms with Crippen LogP contribution in [0.15, 0.2) is 22.7 Å². The second kappa shape index (κ2) is 5.31. The van der Waals surface area contributed by atoms with Crippen molar-refractivity contribution < 1.29 is 14.3 Å². The van der Waals surface area contributed by atoms with E-state index in [4.69, 9.17) is 4.74 Å². The Labute approximate surface area is 107 Å². The summed E-state index contributed by atoms with van der Waals surface area (Å²) in [6, 6.07) is 5.40. The highest BCUT2D eigenvalue weighted by atomic mass is 79.9. The van der Waals surface area contributed by atoms with E-state index in [9.17, 15) is 9.59 Å². The molecule has 0 heterocycles. The molecule has 0 radical (unpaired) electrons. The van der Waals surface area contributed by atoms with Gasteiger partial charge in [-0.15, -0.1) is 0 Å². The molecule has 0 bridgehead atoms. The lowest BCUT2D eigenvalue weighted by molar-refractivity contribution is -0.123. The maximum atomic E-state index is 11.4. The number of hydrogen-bond donors (Lipinski definition) is 1. The SMILES string of the molecule is O=Cc1cc(Br)ccc1OCC(=O)NC1CC1. The van der Waals surface area contributed by atoms with Crippen LogP contribution in [-0.2, 0) is 4.79 Å². The molecule has 0 aliphatic heterocycles. The Hall–Kier alpha value is -1.36. The summed E-state index contributed by atoms with van der Waals surface area (Å²) >= 11 is 3.26. The van der Waals surface area contributed by atoms with Crippen LogP contribution in [0.1, 0.15) is 23.2 Å². The number of ether oxygens (including phenoxy) is 1. The first-order chi connectivity index (χ1) is 8.19. The Morgan fingerprint density at radius 2 is 2.29 bits per heavy atom. The Kier molecular flexibility index (Phi) is 3.78. The average Bonchev–Trinajstić information content (AvgIpc) is 3.11. The predicted molar refractivity (Wildman–Crippen MR) is 66.2 cm³/mol. The first kappa shape index (κ1) is 12.1. The maximum Gasteiger partial charge on any atom is 0.258 e. The van der Waals surface area contributed by atoms with Gasteiger partial charge in [-0.2, -0.15) is 0 Å². The molecule has 1 saturated carbocycles. The van der Waals surface area contributed by atoms with E-state index in [0.29, 0.717) is 23.6 Å². The third-order valence-electron chi connectivity index (χ3n) is 2.40. The van der Waals surface area contributed by atoms with E-state index < -0.39 is 0 Å². The lowest BCUT2D eigenvalue weighted by atomic mass is 10.2. The zero-order valence-electron chi connectivity index (χ0n) is 9.11. The van der Waals surface area contributed by atoms with Gasteiger partial charge in [0.05, 0.1) is 5.56 Å². The largest absolute Gasteiger partial charge is 0.483 e. The molecular weight excluding hydrogens is 286 g/mol. The molecule has 1 fully saturated rings. The van der Waals surface area contributed by atoms with Gasteiger partial charge in [0, 0.05) is 10.5 Å². The third kappa shape index (κ3) is 3.56. The van der Waals surface area contributed by atoms with Gasteiger partial charge in [-0.1, -0.05) is 15.9 Å². The van der Waals surface area contributed by atoms with Crippen LogP contribution in [0, 0.1) is 0 Å².